The van der Waals surface area contributed by atoms with Crippen LogP contribution in [0.5, 0.6) is 11.8 Å². The highest BCUT2D eigenvalue weighted by Gasteiger charge is 2.20. The van der Waals surface area contributed by atoms with Gasteiger partial charge >= 0.3 is 0 Å². The molecule has 2 aromatic rings. The van der Waals surface area contributed by atoms with Crippen molar-refractivity contribution in [1.29, 1.82) is 0 Å². The summed E-state index contributed by atoms with van der Waals surface area (Å²) in [5, 5.41) is 7.76. The summed E-state index contributed by atoms with van der Waals surface area (Å²) in [5.41, 5.74) is 2.10. The molecule has 0 bridgehead atoms. The Bertz CT molecular complexity index is 546. The molecular weight excluding hydrogens is 286 g/mol. The van der Waals surface area contributed by atoms with Gasteiger partial charge < -0.3 is 14.8 Å². The summed E-state index contributed by atoms with van der Waals surface area (Å²) < 4.78 is 10.5. The molecule has 2 aromatic heterocycles. The van der Waals surface area contributed by atoms with Crippen LogP contribution in [0.3, 0.4) is 0 Å². The first-order valence-corrected chi connectivity index (χ1v) is 7.92. The van der Waals surface area contributed by atoms with E-state index >= 15 is 0 Å². The van der Waals surface area contributed by atoms with Gasteiger partial charge in [-0.05, 0) is 41.8 Å². The van der Waals surface area contributed by atoms with Crippen LogP contribution in [-0.2, 0) is 6.42 Å². The van der Waals surface area contributed by atoms with Gasteiger partial charge in [0.25, 0.3) is 0 Å². The van der Waals surface area contributed by atoms with Crippen LogP contribution in [0, 0.1) is 0 Å². The first-order valence-electron chi connectivity index (χ1n) is 6.97. The van der Waals surface area contributed by atoms with E-state index in [1.54, 1.807) is 31.8 Å². The number of thiophene rings is 1. The van der Waals surface area contributed by atoms with Gasteiger partial charge in [0.15, 0.2) is 0 Å². The molecule has 0 radical (unpaired) electrons. The zero-order valence-corrected chi connectivity index (χ0v) is 13.4. The fourth-order valence-corrected chi connectivity index (χ4v) is 2.76. The Labute approximate surface area is 129 Å². The third-order valence-corrected chi connectivity index (χ3v) is 3.87. The lowest BCUT2D eigenvalue weighted by Crippen LogP contribution is -2.25. The van der Waals surface area contributed by atoms with Crippen molar-refractivity contribution in [3.8, 4) is 11.8 Å². The van der Waals surface area contributed by atoms with E-state index in [0.717, 1.165) is 25.1 Å². The van der Waals surface area contributed by atoms with E-state index in [2.05, 4.69) is 39.0 Å². The van der Waals surface area contributed by atoms with Gasteiger partial charge in [0, 0.05) is 0 Å². The molecule has 0 aliphatic rings. The molecular formula is C15H21N3O2S. The number of rotatable bonds is 8. The van der Waals surface area contributed by atoms with Gasteiger partial charge in [-0.1, -0.05) is 6.92 Å². The zero-order valence-electron chi connectivity index (χ0n) is 12.6. The minimum Gasteiger partial charge on any atom is -0.480 e. The van der Waals surface area contributed by atoms with E-state index in [1.165, 1.54) is 5.56 Å². The van der Waals surface area contributed by atoms with Gasteiger partial charge in [0.05, 0.1) is 26.5 Å². The van der Waals surface area contributed by atoms with Crippen LogP contribution in [-0.4, -0.2) is 30.7 Å². The van der Waals surface area contributed by atoms with Crippen molar-refractivity contribution in [1.82, 2.24) is 15.3 Å². The average Bonchev–Trinajstić information content (AvgIpc) is 3.03. The summed E-state index contributed by atoms with van der Waals surface area (Å²) in [6.45, 7) is 3.07. The first-order chi connectivity index (χ1) is 10.3. The largest absolute Gasteiger partial charge is 0.480 e. The van der Waals surface area contributed by atoms with Gasteiger partial charge in [0.1, 0.15) is 5.69 Å². The number of hydrogen-bond acceptors (Lipinski definition) is 6. The molecule has 0 saturated carbocycles. The number of nitrogens with one attached hydrogen (secondary N) is 1. The van der Waals surface area contributed by atoms with Crippen molar-refractivity contribution in [3.05, 3.63) is 34.3 Å². The Balaban J connectivity index is 2.26. The second kappa shape index (κ2) is 7.95. The Morgan fingerprint density at radius 2 is 2.19 bits per heavy atom. The standard InChI is InChI=1S/C15H21N3O2S/c1-4-6-16-12(8-11-5-7-21-10-11)14-15(20-3)18-13(19-2)9-17-14/h5,7,9-10,12,16H,4,6,8H2,1-3H3. The van der Waals surface area contributed by atoms with Crippen LogP contribution >= 0.6 is 11.3 Å². The highest BCUT2D eigenvalue weighted by atomic mass is 32.1. The summed E-state index contributed by atoms with van der Waals surface area (Å²) >= 11 is 1.70. The quantitative estimate of drug-likeness (QED) is 0.812. The SMILES string of the molecule is CCCNC(Cc1ccsc1)c1ncc(OC)nc1OC. The third kappa shape index (κ3) is 4.15. The fraction of sp³-hybridized carbons (Fsp3) is 0.467. The van der Waals surface area contributed by atoms with Crippen LogP contribution in [0.2, 0.25) is 0 Å². The normalized spacial score (nSPS) is 12.1. The maximum atomic E-state index is 5.38. The molecule has 114 valence electrons. The molecule has 1 N–H and O–H groups in total. The molecule has 1 unspecified atom stereocenters. The van der Waals surface area contributed by atoms with E-state index < -0.39 is 0 Å². The van der Waals surface area contributed by atoms with Crippen LogP contribution in [0.1, 0.15) is 30.6 Å². The second-order valence-electron chi connectivity index (χ2n) is 4.65. The van der Waals surface area contributed by atoms with Crippen LogP contribution in [0.25, 0.3) is 0 Å². The van der Waals surface area contributed by atoms with E-state index in [-0.39, 0.29) is 6.04 Å². The first kappa shape index (κ1) is 15.7. The molecule has 0 aliphatic heterocycles. The van der Waals surface area contributed by atoms with Crippen molar-refractivity contribution in [2.75, 3.05) is 20.8 Å². The highest BCUT2D eigenvalue weighted by molar-refractivity contribution is 7.07. The van der Waals surface area contributed by atoms with Gasteiger partial charge in [0.2, 0.25) is 11.8 Å². The summed E-state index contributed by atoms with van der Waals surface area (Å²) in [4.78, 5) is 8.81. The minimum atomic E-state index is 0.0768. The molecule has 1 atom stereocenters. The summed E-state index contributed by atoms with van der Waals surface area (Å²) in [6, 6.07) is 2.21. The van der Waals surface area contributed by atoms with Crippen molar-refractivity contribution < 1.29 is 9.47 Å². The predicted molar refractivity (Wildman–Crippen MR) is 84.2 cm³/mol. The molecule has 6 heteroatoms. The monoisotopic (exact) mass is 307 g/mol. The molecule has 2 heterocycles. The van der Waals surface area contributed by atoms with Gasteiger partial charge in [-0.2, -0.15) is 16.3 Å². The maximum Gasteiger partial charge on any atom is 0.240 e. The molecule has 21 heavy (non-hydrogen) atoms. The number of methoxy groups -OCH3 is 2. The van der Waals surface area contributed by atoms with Crippen molar-refractivity contribution in [3.63, 3.8) is 0 Å². The molecule has 0 spiro atoms. The number of nitrogens with zero attached hydrogens (tertiary/aromatic N) is 2. The van der Waals surface area contributed by atoms with Crippen molar-refractivity contribution in [2.45, 2.75) is 25.8 Å². The predicted octanol–water partition coefficient (Wildman–Crippen LogP) is 2.84. The lowest BCUT2D eigenvalue weighted by Gasteiger charge is -2.19. The molecule has 0 amide bonds. The zero-order chi connectivity index (χ0) is 15.1. The minimum absolute atomic E-state index is 0.0768. The van der Waals surface area contributed by atoms with Gasteiger partial charge in [-0.3, -0.25) is 0 Å². The van der Waals surface area contributed by atoms with Crippen LogP contribution in [0.4, 0.5) is 0 Å². The topological polar surface area (TPSA) is 56.3 Å². The lowest BCUT2D eigenvalue weighted by atomic mass is 10.1. The van der Waals surface area contributed by atoms with Crippen molar-refractivity contribution in [2.24, 2.45) is 0 Å². The van der Waals surface area contributed by atoms with E-state index in [9.17, 15) is 0 Å². The summed E-state index contributed by atoms with van der Waals surface area (Å²) in [5.74, 6) is 0.971. The van der Waals surface area contributed by atoms with E-state index in [0.29, 0.717) is 11.8 Å². The van der Waals surface area contributed by atoms with E-state index in [1.807, 2.05) is 0 Å². The Morgan fingerprint density at radius 3 is 2.81 bits per heavy atom. The Hall–Kier alpha value is -1.66. The third-order valence-electron chi connectivity index (χ3n) is 3.14. The Morgan fingerprint density at radius 1 is 1.33 bits per heavy atom. The molecule has 0 fully saturated rings. The summed E-state index contributed by atoms with van der Waals surface area (Å²) in [6.07, 6.45) is 3.55. The second-order valence-corrected chi connectivity index (χ2v) is 5.43. The fourth-order valence-electron chi connectivity index (χ4n) is 2.08. The highest BCUT2D eigenvalue weighted by Crippen LogP contribution is 2.26. The van der Waals surface area contributed by atoms with E-state index in [4.69, 9.17) is 9.47 Å². The maximum absolute atomic E-state index is 5.38. The summed E-state index contributed by atoms with van der Waals surface area (Å²) in [7, 11) is 3.18. The van der Waals surface area contributed by atoms with Gasteiger partial charge in [-0.25, -0.2) is 4.98 Å². The Kier molecular flexibility index (Phi) is 5.95. The molecule has 2 rings (SSSR count). The van der Waals surface area contributed by atoms with Crippen LogP contribution in [0.15, 0.2) is 23.0 Å². The molecule has 5 nitrogen and oxygen atoms in total. The smallest absolute Gasteiger partial charge is 0.240 e. The van der Waals surface area contributed by atoms with Crippen molar-refractivity contribution >= 4 is 11.3 Å². The molecule has 0 saturated heterocycles. The lowest BCUT2D eigenvalue weighted by molar-refractivity contribution is 0.348. The van der Waals surface area contributed by atoms with Gasteiger partial charge in [-0.15, -0.1) is 0 Å². The number of aromatic nitrogens is 2. The molecule has 0 aromatic carbocycles. The number of hydrogen-bond donors (Lipinski definition) is 1. The van der Waals surface area contributed by atoms with Crippen LogP contribution < -0.4 is 14.8 Å². The average molecular weight is 307 g/mol. The number of ether oxygens (including phenoxy) is 2. The molecule has 0 aliphatic carbocycles.